The Morgan fingerprint density at radius 3 is 2.86 bits per heavy atom. The van der Waals surface area contributed by atoms with Crippen molar-refractivity contribution in [2.45, 2.75) is 20.0 Å². The maximum Gasteiger partial charge on any atom is 0.284 e. The van der Waals surface area contributed by atoms with Crippen LogP contribution in [0.5, 0.6) is 17.2 Å². The van der Waals surface area contributed by atoms with E-state index in [0.29, 0.717) is 40.9 Å². The van der Waals surface area contributed by atoms with Crippen LogP contribution in [0.2, 0.25) is 0 Å². The zero-order valence-corrected chi connectivity index (χ0v) is 15.6. The molecule has 4 rings (SSSR count). The van der Waals surface area contributed by atoms with Crippen LogP contribution in [0.4, 0.5) is 0 Å². The Balaban J connectivity index is 1.47. The quantitative estimate of drug-likeness (QED) is 0.541. The van der Waals surface area contributed by atoms with Crippen molar-refractivity contribution in [3.8, 4) is 17.2 Å². The number of nitrogens with zero attached hydrogens (tertiary/aromatic N) is 1. The van der Waals surface area contributed by atoms with E-state index in [0.717, 1.165) is 5.39 Å². The third-order valence-corrected chi connectivity index (χ3v) is 4.30. The highest BCUT2D eigenvalue weighted by Gasteiger charge is 2.27. The van der Waals surface area contributed by atoms with Crippen LogP contribution in [0.15, 0.2) is 58.0 Å². The van der Waals surface area contributed by atoms with E-state index in [1.165, 1.54) is 0 Å². The second-order valence-corrected chi connectivity index (χ2v) is 6.26. The Bertz CT molecular complexity index is 1040. The summed E-state index contributed by atoms with van der Waals surface area (Å²) in [5.41, 5.74) is 3.70. The fourth-order valence-electron chi connectivity index (χ4n) is 2.90. The number of benzene rings is 2. The molecule has 7 heteroatoms. The molecule has 3 aromatic rings. The molecule has 1 aliphatic heterocycles. The normalized spacial score (nSPS) is 16.1. The van der Waals surface area contributed by atoms with Crippen molar-refractivity contribution in [3.63, 3.8) is 0 Å². The summed E-state index contributed by atoms with van der Waals surface area (Å²) in [6.07, 6.45) is -0.772. The van der Waals surface area contributed by atoms with Crippen LogP contribution in [-0.4, -0.2) is 30.9 Å². The van der Waals surface area contributed by atoms with Gasteiger partial charge in [-0.15, -0.1) is 0 Å². The Kier molecular flexibility index (Phi) is 4.89. The molecular weight excluding hydrogens is 360 g/mol. The van der Waals surface area contributed by atoms with E-state index < -0.39 is 6.10 Å². The molecule has 0 fully saturated rings. The van der Waals surface area contributed by atoms with Crippen molar-refractivity contribution in [1.82, 2.24) is 5.43 Å². The molecule has 28 heavy (non-hydrogen) atoms. The van der Waals surface area contributed by atoms with Crippen molar-refractivity contribution in [2.75, 3.05) is 13.2 Å². The number of ether oxygens (including phenoxy) is 3. The molecule has 0 radical (unpaired) electrons. The summed E-state index contributed by atoms with van der Waals surface area (Å²) in [7, 11) is 0. The predicted molar refractivity (Wildman–Crippen MR) is 104 cm³/mol. The van der Waals surface area contributed by atoms with Crippen molar-refractivity contribution >= 4 is 22.6 Å². The van der Waals surface area contributed by atoms with Gasteiger partial charge in [-0.2, -0.15) is 5.10 Å². The van der Waals surface area contributed by atoms with Gasteiger partial charge in [0.1, 0.15) is 12.3 Å². The number of carbonyl (C=O) groups is 1. The Labute approximate surface area is 161 Å². The summed E-state index contributed by atoms with van der Waals surface area (Å²) in [6.45, 7) is 4.34. The van der Waals surface area contributed by atoms with E-state index in [4.69, 9.17) is 18.6 Å². The number of hydrogen-bond donors (Lipinski definition) is 1. The molecule has 144 valence electrons. The summed E-state index contributed by atoms with van der Waals surface area (Å²) in [6, 6.07) is 14.8. The van der Waals surface area contributed by atoms with E-state index in [9.17, 15) is 4.79 Å². The minimum Gasteiger partial charge on any atom is -0.490 e. The molecule has 0 bridgehead atoms. The number of hydrazone groups is 1. The SMILES string of the molecule is CCOc1cccc2cc(/C(C)=N\NC(=O)[C@@H]3COc4ccccc4O3)oc12. The molecule has 1 amide bonds. The van der Waals surface area contributed by atoms with E-state index in [2.05, 4.69) is 10.5 Å². The fourth-order valence-corrected chi connectivity index (χ4v) is 2.90. The van der Waals surface area contributed by atoms with Crippen molar-refractivity contribution in [1.29, 1.82) is 0 Å². The highest BCUT2D eigenvalue weighted by atomic mass is 16.6. The fraction of sp³-hybridized carbons (Fsp3) is 0.238. The van der Waals surface area contributed by atoms with Gasteiger partial charge in [0.2, 0.25) is 6.10 Å². The lowest BCUT2D eigenvalue weighted by Crippen LogP contribution is -2.42. The zero-order chi connectivity index (χ0) is 19.5. The number of amides is 1. The van der Waals surface area contributed by atoms with Gasteiger partial charge >= 0.3 is 0 Å². The first kappa shape index (κ1) is 17.9. The number of furan rings is 1. The van der Waals surface area contributed by atoms with Crippen LogP contribution in [0.25, 0.3) is 11.0 Å². The maximum absolute atomic E-state index is 12.4. The van der Waals surface area contributed by atoms with Crippen LogP contribution in [0.3, 0.4) is 0 Å². The smallest absolute Gasteiger partial charge is 0.284 e. The standard InChI is InChI=1S/C21H20N2O5/c1-3-25-17-10-6-7-14-11-18(28-20(14)17)13(2)22-23-21(24)19-12-26-15-8-4-5-9-16(15)27-19/h4-11,19H,3,12H2,1-2H3,(H,23,24)/b22-13-/t19-/m0/s1. The first-order valence-corrected chi connectivity index (χ1v) is 9.04. The minimum absolute atomic E-state index is 0.125. The minimum atomic E-state index is -0.772. The molecule has 1 aliphatic rings. The van der Waals surface area contributed by atoms with Crippen LogP contribution >= 0.6 is 0 Å². The summed E-state index contributed by atoms with van der Waals surface area (Å²) >= 11 is 0. The summed E-state index contributed by atoms with van der Waals surface area (Å²) < 4.78 is 22.7. The lowest BCUT2D eigenvalue weighted by molar-refractivity contribution is -0.130. The average molecular weight is 380 g/mol. The topological polar surface area (TPSA) is 82.3 Å². The number of para-hydroxylation sites is 3. The number of carbonyl (C=O) groups excluding carboxylic acids is 1. The van der Waals surface area contributed by atoms with Crippen LogP contribution in [-0.2, 0) is 4.79 Å². The Morgan fingerprint density at radius 2 is 2.04 bits per heavy atom. The zero-order valence-electron chi connectivity index (χ0n) is 15.6. The second-order valence-electron chi connectivity index (χ2n) is 6.26. The predicted octanol–water partition coefficient (Wildman–Crippen LogP) is 3.51. The third kappa shape index (κ3) is 3.51. The maximum atomic E-state index is 12.4. The van der Waals surface area contributed by atoms with E-state index in [1.807, 2.05) is 43.3 Å². The van der Waals surface area contributed by atoms with Gasteiger partial charge in [0.15, 0.2) is 28.6 Å². The summed E-state index contributed by atoms with van der Waals surface area (Å²) in [5, 5.41) is 5.05. The molecular formula is C21H20N2O5. The van der Waals surface area contributed by atoms with Gasteiger partial charge in [-0.3, -0.25) is 4.79 Å². The molecule has 0 aliphatic carbocycles. The number of rotatable bonds is 5. The highest BCUT2D eigenvalue weighted by Crippen LogP contribution is 2.31. The molecule has 7 nitrogen and oxygen atoms in total. The van der Waals surface area contributed by atoms with Gasteiger partial charge in [0, 0.05) is 5.39 Å². The first-order chi connectivity index (χ1) is 13.7. The molecule has 0 spiro atoms. The molecule has 0 saturated carbocycles. The van der Waals surface area contributed by atoms with Crippen molar-refractivity contribution < 1.29 is 23.4 Å². The highest BCUT2D eigenvalue weighted by molar-refractivity contribution is 6.01. The molecule has 0 saturated heterocycles. The molecule has 2 aromatic carbocycles. The van der Waals surface area contributed by atoms with Crippen LogP contribution in [0.1, 0.15) is 19.6 Å². The van der Waals surface area contributed by atoms with Gasteiger partial charge in [-0.25, -0.2) is 5.43 Å². The molecule has 1 N–H and O–H groups in total. The molecule has 0 unspecified atom stereocenters. The Hall–Kier alpha value is -3.48. The van der Waals surface area contributed by atoms with Gasteiger partial charge in [-0.05, 0) is 38.1 Å². The van der Waals surface area contributed by atoms with Gasteiger partial charge in [-0.1, -0.05) is 24.3 Å². The third-order valence-electron chi connectivity index (χ3n) is 4.30. The largest absolute Gasteiger partial charge is 0.490 e. The summed E-state index contributed by atoms with van der Waals surface area (Å²) in [5.74, 6) is 2.00. The summed E-state index contributed by atoms with van der Waals surface area (Å²) in [4.78, 5) is 12.4. The van der Waals surface area contributed by atoms with Gasteiger partial charge < -0.3 is 18.6 Å². The van der Waals surface area contributed by atoms with Gasteiger partial charge in [0.25, 0.3) is 5.91 Å². The van der Waals surface area contributed by atoms with Crippen LogP contribution < -0.4 is 19.6 Å². The number of hydrogen-bond acceptors (Lipinski definition) is 6. The van der Waals surface area contributed by atoms with Gasteiger partial charge in [0.05, 0.1) is 6.61 Å². The lowest BCUT2D eigenvalue weighted by atomic mass is 10.2. The number of fused-ring (bicyclic) bond motifs is 2. The second kappa shape index (κ2) is 7.64. The molecule has 2 heterocycles. The number of nitrogens with one attached hydrogen (secondary N) is 1. The Morgan fingerprint density at radius 1 is 1.21 bits per heavy atom. The van der Waals surface area contributed by atoms with Crippen molar-refractivity contribution in [2.24, 2.45) is 5.10 Å². The van der Waals surface area contributed by atoms with E-state index in [1.54, 1.807) is 19.1 Å². The molecule has 1 atom stereocenters. The van der Waals surface area contributed by atoms with E-state index in [-0.39, 0.29) is 12.5 Å². The van der Waals surface area contributed by atoms with Crippen LogP contribution in [0, 0.1) is 0 Å². The van der Waals surface area contributed by atoms with E-state index >= 15 is 0 Å². The monoisotopic (exact) mass is 380 g/mol. The average Bonchev–Trinajstić information content (AvgIpc) is 3.17. The van der Waals surface area contributed by atoms with Crippen molar-refractivity contribution in [3.05, 3.63) is 54.3 Å². The lowest BCUT2D eigenvalue weighted by Gasteiger charge is -2.24. The first-order valence-electron chi connectivity index (χ1n) is 9.04. The molecule has 1 aromatic heterocycles.